The number of likely N-dealkylation sites (tertiary alicyclic amines) is 1. The fraction of sp³-hybridized carbons (Fsp3) is 0.346. The van der Waals surface area contributed by atoms with E-state index in [9.17, 15) is 24.8 Å². The molecule has 3 aromatic rings. The van der Waals surface area contributed by atoms with Crippen molar-refractivity contribution in [2.24, 2.45) is 0 Å². The number of Topliss-reactive ketones (excluding diaryl/α,β-unsaturated/α-hetero) is 1. The molecule has 0 bridgehead atoms. The molecule has 0 saturated carbocycles. The Morgan fingerprint density at radius 2 is 1.92 bits per heavy atom. The van der Waals surface area contributed by atoms with Gasteiger partial charge >= 0.3 is 0 Å². The van der Waals surface area contributed by atoms with E-state index in [1.165, 1.54) is 23.1 Å². The lowest BCUT2D eigenvalue weighted by Gasteiger charge is -2.26. The molecular formula is C26H29N5O5. The molecule has 1 unspecified atom stereocenters. The topological polar surface area (TPSA) is 121 Å². The number of nitrogens with zero attached hydrogens (tertiary/aromatic N) is 5. The van der Waals surface area contributed by atoms with Crippen molar-refractivity contribution in [3.8, 4) is 0 Å². The molecule has 4 rings (SSSR count). The third-order valence-corrected chi connectivity index (χ3v) is 6.63. The number of amides is 1. The van der Waals surface area contributed by atoms with Gasteiger partial charge in [-0.2, -0.15) is 0 Å². The Morgan fingerprint density at radius 1 is 1.17 bits per heavy atom. The molecule has 2 aromatic heterocycles. The van der Waals surface area contributed by atoms with Crippen LogP contribution in [-0.2, 0) is 9.59 Å². The number of carbonyl (C=O) groups excluding carboxylic acids is 2. The van der Waals surface area contributed by atoms with Crippen LogP contribution in [0.25, 0.3) is 11.4 Å². The first-order valence-corrected chi connectivity index (χ1v) is 12.0. The summed E-state index contributed by atoms with van der Waals surface area (Å²) in [7, 11) is 0. The lowest BCUT2D eigenvalue weighted by molar-refractivity contribution is -0.384. The molecule has 1 aliphatic rings. The zero-order valence-corrected chi connectivity index (χ0v) is 20.5. The van der Waals surface area contributed by atoms with Crippen molar-refractivity contribution in [1.82, 2.24) is 19.2 Å². The predicted octanol–water partition coefficient (Wildman–Crippen LogP) is 3.70. The number of imidazole rings is 1. The fourth-order valence-corrected chi connectivity index (χ4v) is 4.80. The number of aliphatic hydroxyl groups is 1. The normalized spacial score (nSPS) is 17.4. The van der Waals surface area contributed by atoms with E-state index in [0.29, 0.717) is 29.0 Å². The van der Waals surface area contributed by atoms with Gasteiger partial charge in [0.25, 0.3) is 17.4 Å². The Bertz CT molecular complexity index is 1360. The second-order valence-corrected chi connectivity index (χ2v) is 8.70. The average molecular weight is 492 g/mol. The largest absolute Gasteiger partial charge is 0.505 e. The first-order valence-electron chi connectivity index (χ1n) is 12.0. The highest BCUT2D eigenvalue weighted by Gasteiger charge is 2.46. The van der Waals surface area contributed by atoms with Crippen LogP contribution in [0.4, 0.5) is 5.69 Å². The van der Waals surface area contributed by atoms with Crippen LogP contribution in [0.5, 0.6) is 0 Å². The Labute approximate surface area is 208 Å². The number of aliphatic hydroxyl groups excluding tert-OH is 1. The number of hydrogen-bond donors (Lipinski definition) is 1. The third-order valence-electron chi connectivity index (χ3n) is 6.63. The van der Waals surface area contributed by atoms with Crippen molar-refractivity contribution >= 4 is 28.8 Å². The average Bonchev–Trinajstić information content (AvgIpc) is 3.34. The van der Waals surface area contributed by atoms with Gasteiger partial charge in [-0.1, -0.05) is 32.0 Å². The summed E-state index contributed by atoms with van der Waals surface area (Å²) in [5.41, 5.74) is 1.51. The molecule has 10 heteroatoms. The maximum atomic E-state index is 13.3. The van der Waals surface area contributed by atoms with Crippen LogP contribution >= 0.6 is 0 Å². The first-order chi connectivity index (χ1) is 17.3. The summed E-state index contributed by atoms with van der Waals surface area (Å²) in [5.74, 6) is -1.91. The van der Waals surface area contributed by atoms with E-state index in [0.717, 1.165) is 19.6 Å². The summed E-state index contributed by atoms with van der Waals surface area (Å²) in [5, 5.41) is 22.9. The van der Waals surface area contributed by atoms with Crippen molar-refractivity contribution in [2.45, 2.75) is 33.2 Å². The Morgan fingerprint density at radius 3 is 2.61 bits per heavy atom. The number of nitro groups is 1. The molecule has 0 radical (unpaired) electrons. The molecule has 1 atom stereocenters. The summed E-state index contributed by atoms with van der Waals surface area (Å²) in [6.07, 6.45) is 2.32. The number of fused-ring (bicyclic) bond motifs is 1. The van der Waals surface area contributed by atoms with E-state index in [-0.39, 0.29) is 23.6 Å². The number of carbonyl (C=O) groups is 2. The minimum atomic E-state index is -0.963. The number of aryl methyl sites for hydroxylation is 1. The number of aromatic nitrogens is 2. The first kappa shape index (κ1) is 25.1. The Kier molecular flexibility index (Phi) is 7.16. The highest BCUT2D eigenvalue weighted by Crippen LogP contribution is 2.40. The van der Waals surface area contributed by atoms with Gasteiger partial charge in [-0.25, -0.2) is 4.98 Å². The molecule has 188 valence electrons. The second-order valence-electron chi connectivity index (χ2n) is 8.70. The molecule has 1 fully saturated rings. The molecule has 0 aliphatic carbocycles. The van der Waals surface area contributed by atoms with E-state index < -0.39 is 22.7 Å². The van der Waals surface area contributed by atoms with Crippen LogP contribution < -0.4 is 0 Å². The quantitative estimate of drug-likeness (QED) is 0.159. The maximum absolute atomic E-state index is 13.3. The molecule has 1 aliphatic heterocycles. The number of rotatable bonds is 9. The predicted molar refractivity (Wildman–Crippen MR) is 134 cm³/mol. The van der Waals surface area contributed by atoms with Gasteiger partial charge in [-0.15, -0.1) is 0 Å². The zero-order valence-electron chi connectivity index (χ0n) is 20.5. The molecule has 1 amide bonds. The molecule has 36 heavy (non-hydrogen) atoms. The van der Waals surface area contributed by atoms with Crippen molar-refractivity contribution < 1.29 is 19.6 Å². The Hall–Kier alpha value is -4.05. The summed E-state index contributed by atoms with van der Waals surface area (Å²) in [4.78, 5) is 45.6. The van der Waals surface area contributed by atoms with Gasteiger partial charge in [-0.05, 0) is 50.7 Å². The minimum absolute atomic E-state index is 0.0999. The van der Waals surface area contributed by atoms with Crippen molar-refractivity contribution in [3.05, 3.63) is 81.3 Å². The van der Waals surface area contributed by atoms with Crippen LogP contribution in [0.3, 0.4) is 0 Å². The van der Waals surface area contributed by atoms with E-state index in [4.69, 9.17) is 0 Å². The van der Waals surface area contributed by atoms with E-state index in [1.807, 2.05) is 6.07 Å². The van der Waals surface area contributed by atoms with Gasteiger partial charge in [0, 0.05) is 24.9 Å². The molecule has 1 N–H and O–H groups in total. The lowest BCUT2D eigenvalue weighted by atomic mass is 9.96. The fourth-order valence-electron chi connectivity index (χ4n) is 4.80. The van der Waals surface area contributed by atoms with Crippen molar-refractivity contribution in [1.29, 1.82) is 0 Å². The minimum Gasteiger partial charge on any atom is -0.505 e. The van der Waals surface area contributed by atoms with Gasteiger partial charge in [0.1, 0.15) is 11.3 Å². The highest BCUT2D eigenvalue weighted by molar-refractivity contribution is 6.46. The van der Waals surface area contributed by atoms with Crippen LogP contribution in [0.15, 0.2) is 54.2 Å². The number of pyridine rings is 1. The summed E-state index contributed by atoms with van der Waals surface area (Å²) < 4.78 is 1.66. The van der Waals surface area contributed by atoms with Crippen LogP contribution in [-0.4, -0.2) is 67.1 Å². The number of nitro benzene ring substituents is 1. The van der Waals surface area contributed by atoms with Gasteiger partial charge in [0.15, 0.2) is 5.76 Å². The number of non-ortho nitro benzene ring substituents is 1. The molecule has 0 spiro atoms. The standard InChI is InChI=1S/C26H29N5O5/c1-4-28(5-2)13-9-15-30-23(18-10-8-11-19(16-18)31(35)36)21(25(33)26(30)34)24(32)22-17(3)27-20-12-6-7-14-29(20)22/h6-8,10-12,14,16,23,32H,4-5,9,13,15H2,1-3H3/b24-21+. The van der Waals surface area contributed by atoms with E-state index >= 15 is 0 Å². The molecule has 1 aromatic carbocycles. The monoisotopic (exact) mass is 491 g/mol. The molecule has 3 heterocycles. The van der Waals surface area contributed by atoms with E-state index in [2.05, 4.69) is 23.7 Å². The molecular weight excluding hydrogens is 462 g/mol. The summed E-state index contributed by atoms with van der Waals surface area (Å²) in [6.45, 7) is 8.52. The number of hydrogen-bond acceptors (Lipinski definition) is 7. The van der Waals surface area contributed by atoms with Crippen LogP contribution in [0, 0.1) is 17.0 Å². The second kappa shape index (κ2) is 10.3. The number of benzene rings is 1. The zero-order chi connectivity index (χ0) is 26.0. The van der Waals surface area contributed by atoms with Crippen molar-refractivity contribution in [2.75, 3.05) is 26.2 Å². The van der Waals surface area contributed by atoms with Gasteiger partial charge in [0.05, 0.1) is 22.2 Å². The lowest BCUT2D eigenvalue weighted by Crippen LogP contribution is -2.33. The maximum Gasteiger partial charge on any atom is 0.295 e. The summed E-state index contributed by atoms with van der Waals surface area (Å²) >= 11 is 0. The highest BCUT2D eigenvalue weighted by atomic mass is 16.6. The smallest absolute Gasteiger partial charge is 0.295 e. The van der Waals surface area contributed by atoms with Gasteiger partial charge < -0.3 is 14.9 Å². The molecule has 1 saturated heterocycles. The SMILES string of the molecule is CCN(CC)CCCN1C(=O)C(=O)/C(=C(/O)c2c(C)nc3ccccn23)C1c1cccc([N+](=O)[O-])c1. The third kappa shape index (κ3) is 4.47. The van der Waals surface area contributed by atoms with E-state index in [1.54, 1.807) is 35.7 Å². The molecule has 10 nitrogen and oxygen atoms in total. The summed E-state index contributed by atoms with van der Waals surface area (Å²) in [6, 6.07) is 10.2. The Balaban J connectivity index is 1.85. The van der Waals surface area contributed by atoms with Gasteiger partial charge in [0.2, 0.25) is 0 Å². The number of ketones is 1. The van der Waals surface area contributed by atoms with Crippen LogP contribution in [0.1, 0.15) is 43.3 Å². The van der Waals surface area contributed by atoms with Gasteiger partial charge in [-0.3, -0.25) is 24.1 Å². The van der Waals surface area contributed by atoms with Crippen LogP contribution in [0.2, 0.25) is 0 Å². The van der Waals surface area contributed by atoms with Crippen molar-refractivity contribution in [3.63, 3.8) is 0 Å².